The van der Waals surface area contributed by atoms with Gasteiger partial charge in [0.2, 0.25) is 0 Å². The molecule has 0 bridgehead atoms. The van der Waals surface area contributed by atoms with E-state index in [-0.39, 0.29) is 8.80 Å². The summed E-state index contributed by atoms with van der Waals surface area (Å²) >= 11 is 1.36. The van der Waals surface area contributed by atoms with E-state index in [0.29, 0.717) is 5.92 Å². The first-order valence-corrected chi connectivity index (χ1v) is 15.4. The van der Waals surface area contributed by atoms with Crippen molar-refractivity contribution in [2.45, 2.75) is 47.3 Å². The molecule has 0 fully saturated rings. The fourth-order valence-electron chi connectivity index (χ4n) is 2.23. The normalized spacial score (nSPS) is 15.8. The van der Waals surface area contributed by atoms with Crippen molar-refractivity contribution in [2.24, 2.45) is 5.92 Å². The summed E-state index contributed by atoms with van der Waals surface area (Å²) in [5, 5.41) is 2.66. The van der Waals surface area contributed by atoms with Gasteiger partial charge in [0.25, 0.3) is 0 Å². The SMILES string of the molecule is CC1=[C-]C(C)C(C)=C1C.C[Si](C)C.[Si]=[Zr+2].c1ccc2[cH-]ccc2c1. The number of fused-ring (bicyclic) bond motifs is 1. The van der Waals surface area contributed by atoms with E-state index in [9.17, 15) is 0 Å². The molecule has 2 aromatic carbocycles. The van der Waals surface area contributed by atoms with Gasteiger partial charge >= 0.3 is 30.2 Å². The molecule has 1 aliphatic carbocycles. The summed E-state index contributed by atoms with van der Waals surface area (Å²) in [5.74, 6) is 0.560. The Labute approximate surface area is 167 Å². The first-order chi connectivity index (χ1) is 11.3. The van der Waals surface area contributed by atoms with Gasteiger partial charge in [0.1, 0.15) is 0 Å². The number of benzene rings is 1. The van der Waals surface area contributed by atoms with Crippen LogP contribution in [0.5, 0.6) is 0 Å². The van der Waals surface area contributed by atoms with Crippen LogP contribution < -0.4 is 0 Å². The summed E-state index contributed by atoms with van der Waals surface area (Å²) in [4.78, 5) is 0. The van der Waals surface area contributed by atoms with E-state index in [2.05, 4.69) is 103 Å². The predicted molar refractivity (Wildman–Crippen MR) is 109 cm³/mol. The van der Waals surface area contributed by atoms with Gasteiger partial charge in [-0.3, -0.25) is 6.08 Å². The van der Waals surface area contributed by atoms with E-state index in [1.807, 2.05) is 0 Å². The van der Waals surface area contributed by atoms with E-state index in [1.165, 1.54) is 50.8 Å². The average molecular weight is 429 g/mol. The van der Waals surface area contributed by atoms with Crippen molar-refractivity contribution in [3.8, 4) is 0 Å². The molecule has 1 unspecified atom stereocenters. The van der Waals surface area contributed by atoms with Gasteiger partial charge in [0, 0.05) is 8.80 Å². The fourth-order valence-corrected chi connectivity index (χ4v) is 2.23. The van der Waals surface area contributed by atoms with Gasteiger partial charge < -0.3 is 0 Å². The standard InChI is InChI=1S/C9H7.C9H13.C3H9Si.Si.Zr/c1-2-5-9-7-3-6-8(9)4-1;1-6-5-7(2)9(4)8(6)3;1-4(2)3;;/h1-7H;6H,1-4H3;1-3H3;;/q2*-1;;;+2. The summed E-state index contributed by atoms with van der Waals surface area (Å²) in [5.41, 5.74) is 4.25. The predicted octanol–water partition coefficient (Wildman–Crippen LogP) is 6.27. The topological polar surface area (TPSA) is 0 Å². The third-order valence-corrected chi connectivity index (χ3v) is 3.78. The van der Waals surface area contributed by atoms with Crippen molar-refractivity contribution in [1.29, 1.82) is 0 Å². The molecule has 0 saturated carbocycles. The quantitative estimate of drug-likeness (QED) is 0.343. The van der Waals surface area contributed by atoms with Crippen molar-refractivity contribution in [3.63, 3.8) is 0 Å². The third kappa shape index (κ3) is 8.64. The molecule has 0 spiro atoms. The molecule has 1 atom stereocenters. The van der Waals surface area contributed by atoms with Gasteiger partial charge in [-0.2, -0.15) is 28.7 Å². The molecule has 125 valence electrons. The molecule has 0 heterocycles. The summed E-state index contributed by atoms with van der Waals surface area (Å²) in [6.45, 7) is 18.5. The van der Waals surface area contributed by atoms with Gasteiger partial charge in [-0.15, -0.1) is 36.6 Å². The minimum atomic E-state index is 0.120. The Hall–Kier alpha value is -0.373. The zero-order valence-corrected chi connectivity index (χ0v) is 20.6. The summed E-state index contributed by atoms with van der Waals surface area (Å²) in [6.07, 6.45) is 3.36. The molecule has 0 amide bonds. The van der Waals surface area contributed by atoms with Crippen molar-refractivity contribution in [3.05, 3.63) is 65.3 Å². The molecule has 0 aliphatic heterocycles. The van der Waals surface area contributed by atoms with E-state index in [0.717, 1.165) is 0 Å². The summed E-state index contributed by atoms with van der Waals surface area (Å²) < 4.78 is 0. The Morgan fingerprint density at radius 2 is 1.58 bits per heavy atom. The Morgan fingerprint density at radius 3 is 1.96 bits per heavy atom. The van der Waals surface area contributed by atoms with Crippen LogP contribution in [-0.2, 0) is 23.3 Å². The molecule has 0 nitrogen and oxygen atoms in total. The van der Waals surface area contributed by atoms with Gasteiger partial charge in [-0.1, -0.05) is 52.4 Å². The van der Waals surface area contributed by atoms with Crippen molar-refractivity contribution < 1.29 is 23.3 Å². The van der Waals surface area contributed by atoms with Crippen molar-refractivity contribution in [2.75, 3.05) is 0 Å². The minimum Gasteiger partial charge on any atom is -0.168 e. The van der Waals surface area contributed by atoms with Crippen LogP contribution in [0.3, 0.4) is 0 Å². The van der Waals surface area contributed by atoms with E-state index < -0.39 is 0 Å². The van der Waals surface area contributed by atoms with E-state index in [4.69, 9.17) is 0 Å². The summed E-state index contributed by atoms with van der Waals surface area (Å²) in [6, 6.07) is 14.7. The Balaban J connectivity index is 0.000000336. The van der Waals surface area contributed by atoms with Gasteiger partial charge in [-0.05, 0) is 0 Å². The first kappa shape index (κ1) is 23.6. The second-order valence-electron chi connectivity index (χ2n) is 6.45. The number of rotatable bonds is 0. The second kappa shape index (κ2) is 12.9. The molecule has 0 saturated heterocycles. The molecule has 3 heteroatoms. The molecule has 0 N–H and O–H groups in total. The van der Waals surface area contributed by atoms with Crippen molar-refractivity contribution in [1.82, 2.24) is 0 Å². The minimum absolute atomic E-state index is 0.120. The maximum atomic E-state index is 3.36. The fraction of sp³-hybridized carbons (Fsp3) is 0.381. The monoisotopic (exact) mass is 427 g/mol. The van der Waals surface area contributed by atoms with Crippen LogP contribution in [-0.4, -0.2) is 15.7 Å². The molecule has 2 aromatic rings. The van der Waals surface area contributed by atoms with Gasteiger partial charge in [-0.25, -0.2) is 5.57 Å². The molecule has 0 aromatic heterocycles. The second-order valence-corrected chi connectivity index (χ2v) is 9.45. The Kier molecular flexibility index (Phi) is 12.7. The average Bonchev–Trinajstić information content (AvgIpc) is 3.11. The zero-order chi connectivity index (χ0) is 18.7. The molecule has 1 aliphatic rings. The number of allylic oxidation sites excluding steroid dienone is 4. The van der Waals surface area contributed by atoms with Crippen LogP contribution in [0.15, 0.2) is 59.2 Å². The molecular weight excluding hydrogens is 400 g/mol. The molecule has 24 heavy (non-hydrogen) atoms. The van der Waals surface area contributed by atoms with Gasteiger partial charge in [0.15, 0.2) is 0 Å². The van der Waals surface area contributed by atoms with Crippen molar-refractivity contribution >= 4 is 26.4 Å². The molecule has 3 rings (SSSR count). The Bertz CT molecular complexity index is 632. The smallest absolute Gasteiger partial charge is 0.0809 e. The van der Waals surface area contributed by atoms with E-state index in [1.54, 1.807) is 0 Å². The van der Waals surface area contributed by atoms with Crippen LogP contribution in [0, 0.1) is 12.0 Å². The number of hydrogen-bond donors (Lipinski definition) is 0. The Morgan fingerprint density at radius 1 is 1.04 bits per heavy atom. The maximum Gasteiger partial charge on any atom is -0.0809 e. The van der Waals surface area contributed by atoms with Crippen LogP contribution in [0.25, 0.3) is 10.8 Å². The molecular formula is C21H29Si2Zr. The summed E-state index contributed by atoms with van der Waals surface area (Å²) in [7, 11) is 0.120. The maximum absolute atomic E-state index is 3.36. The van der Waals surface area contributed by atoms with Crippen LogP contribution in [0.1, 0.15) is 27.7 Å². The largest absolute Gasteiger partial charge is 0.168 e. The van der Waals surface area contributed by atoms with E-state index >= 15 is 0 Å². The molecule has 3 radical (unpaired) electrons. The van der Waals surface area contributed by atoms with Crippen LogP contribution in [0.4, 0.5) is 0 Å². The third-order valence-electron chi connectivity index (χ3n) is 3.78. The van der Waals surface area contributed by atoms with Gasteiger partial charge in [0.05, 0.1) is 0 Å². The van der Waals surface area contributed by atoms with Crippen LogP contribution >= 0.6 is 0 Å². The number of hydrogen-bond acceptors (Lipinski definition) is 0. The van der Waals surface area contributed by atoms with Crippen LogP contribution in [0.2, 0.25) is 19.6 Å². The zero-order valence-electron chi connectivity index (χ0n) is 16.1. The first-order valence-electron chi connectivity index (χ1n) is 8.23.